The van der Waals surface area contributed by atoms with Crippen LogP contribution >= 0.6 is 11.6 Å². The van der Waals surface area contributed by atoms with E-state index >= 15 is 0 Å². The van der Waals surface area contributed by atoms with Gasteiger partial charge in [-0.3, -0.25) is 9.59 Å². The molecule has 1 aliphatic carbocycles. The summed E-state index contributed by atoms with van der Waals surface area (Å²) in [5.41, 5.74) is 2.67. The summed E-state index contributed by atoms with van der Waals surface area (Å²) in [6.07, 6.45) is 0.589. The molecule has 0 aliphatic heterocycles. The predicted molar refractivity (Wildman–Crippen MR) is 94.7 cm³/mol. The molecule has 0 bridgehead atoms. The van der Waals surface area contributed by atoms with Crippen molar-refractivity contribution < 1.29 is 9.59 Å². The van der Waals surface area contributed by atoms with E-state index in [0.717, 1.165) is 16.8 Å². The second-order valence-electron chi connectivity index (χ2n) is 6.06. The third-order valence-electron chi connectivity index (χ3n) is 4.28. The van der Waals surface area contributed by atoms with Crippen molar-refractivity contribution in [1.29, 1.82) is 0 Å². The van der Waals surface area contributed by atoms with E-state index in [0.29, 0.717) is 18.0 Å². The number of aryl methyl sites for hydroxylation is 1. The lowest BCUT2D eigenvalue weighted by atomic mass is 10.2. The molecule has 0 spiro atoms. The van der Waals surface area contributed by atoms with Crippen molar-refractivity contribution in [2.75, 3.05) is 5.32 Å². The summed E-state index contributed by atoms with van der Waals surface area (Å²) in [4.78, 5) is 24.4. The van der Waals surface area contributed by atoms with E-state index in [1.165, 1.54) is 0 Å². The fourth-order valence-corrected chi connectivity index (χ4v) is 2.87. The molecule has 1 aliphatic rings. The Balaban J connectivity index is 1.51. The van der Waals surface area contributed by atoms with E-state index in [1.807, 2.05) is 49.4 Å². The van der Waals surface area contributed by atoms with Crippen LogP contribution in [0.2, 0.25) is 5.02 Å². The van der Waals surface area contributed by atoms with Crippen LogP contribution in [0.5, 0.6) is 0 Å². The Morgan fingerprint density at radius 1 is 1.04 bits per heavy atom. The van der Waals surface area contributed by atoms with Crippen LogP contribution in [0, 0.1) is 18.8 Å². The smallest absolute Gasteiger partial charge is 0.228 e. The fraction of sp³-hybridized carbons (Fsp3) is 0.263. The van der Waals surface area contributed by atoms with Crippen LogP contribution in [0.25, 0.3) is 0 Å². The van der Waals surface area contributed by atoms with Crippen molar-refractivity contribution >= 4 is 29.1 Å². The highest BCUT2D eigenvalue weighted by Gasteiger charge is 2.47. The van der Waals surface area contributed by atoms with Gasteiger partial charge in [0.25, 0.3) is 0 Å². The maximum atomic E-state index is 12.3. The van der Waals surface area contributed by atoms with Gasteiger partial charge in [0.05, 0.1) is 11.8 Å². The number of carbonyl (C=O) groups excluding carboxylic acids is 2. The van der Waals surface area contributed by atoms with Gasteiger partial charge in [0.1, 0.15) is 0 Å². The number of hydrogen-bond donors (Lipinski definition) is 2. The molecule has 2 aromatic rings. The van der Waals surface area contributed by atoms with Crippen LogP contribution in [0.3, 0.4) is 0 Å². The first-order chi connectivity index (χ1) is 11.6. The van der Waals surface area contributed by atoms with E-state index < -0.39 is 0 Å². The van der Waals surface area contributed by atoms with Crippen LogP contribution in [-0.2, 0) is 16.1 Å². The monoisotopic (exact) mass is 342 g/mol. The fourth-order valence-electron chi connectivity index (χ4n) is 2.67. The molecule has 2 N–H and O–H groups in total. The summed E-state index contributed by atoms with van der Waals surface area (Å²) in [5, 5.41) is 6.39. The lowest BCUT2D eigenvalue weighted by Gasteiger charge is -2.08. The lowest BCUT2D eigenvalue weighted by molar-refractivity contribution is -0.125. The van der Waals surface area contributed by atoms with Crippen molar-refractivity contribution in [2.24, 2.45) is 11.8 Å². The molecule has 0 aromatic heterocycles. The molecule has 24 heavy (non-hydrogen) atoms. The van der Waals surface area contributed by atoms with Crippen LogP contribution in [-0.4, -0.2) is 11.8 Å². The predicted octanol–water partition coefficient (Wildman–Crippen LogP) is 3.54. The summed E-state index contributed by atoms with van der Waals surface area (Å²) in [5.74, 6) is -0.700. The minimum atomic E-state index is -0.254. The van der Waals surface area contributed by atoms with E-state index in [-0.39, 0.29) is 23.7 Å². The molecule has 1 fully saturated rings. The summed E-state index contributed by atoms with van der Waals surface area (Å²) in [6.45, 7) is 2.32. The number of amides is 2. The molecule has 0 radical (unpaired) electrons. The number of anilines is 1. The zero-order valence-electron chi connectivity index (χ0n) is 13.4. The maximum Gasteiger partial charge on any atom is 0.228 e. The lowest BCUT2D eigenvalue weighted by Crippen LogP contribution is -2.27. The molecule has 2 unspecified atom stereocenters. The number of halogens is 1. The minimum absolute atomic E-state index is 0.0952. The summed E-state index contributed by atoms with van der Waals surface area (Å²) >= 11 is 6.07. The number of benzene rings is 2. The van der Waals surface area contributed by atoms with Crippen molar-refractivity contribution in [3.63, 3.8) is 0 Å². The van der Waals surface area contributed by atoms with Gasteiger partial charge in [-0.1, -0.05) is 48.0 Å². The largest absolute Gasteiger partial charge is 0.352 e. The Morgan fingerprint density at radius 3 is 2.46 bits per heavy atom. The normalized spacial score (nSPS) is 18.8. The molecule has 4 nitrogen and oxygen atoms in total. The first kappa shape index (κ1) is 16.5. The Kier molecular flexibility index (Phi) is 4.86. The van der Waals surface area contributed by atoms with Crippen LogP contribution in [0.1, 0.15) is 17.5 Å². The van der Waals surface area contributed by atoms with E-state index in [2.05, 4.69) is 10.6 Å². The first-order valence-corrected chi connectivity index (χ1v) is 8.31. The van der Waals surface area contributed by atoms with Gasteiger partial charge >= 0.3 is 0 Å². The molecule has 5 heteroatoms. The summed E-state index contributed by atoms with van der Waals surface area (Å²) in [7, 11) is 0. The van der Waals surface area contributed by atoms with E-state index in [4.69, 9.17) is 11.6 Å². The first-order valence-electron chi connectivity index (χ1n) is 7.94. The van der Waals surface area contributed by atoms with Crippen molar-refractivity contribution in [1.82, 2.24) is 5.32 Å². The van der Waals surface area contributed by atoms with Gasteiger partial charge in [0, 0.05) is 17.3 Å². The van der Waals surface area contributed by atoms with Gasteiger partial charge in [-0.15, -0.1) is 0 Å². The molecule has 2 atom stereocenters. The zero-order valence-corrected chi connectivity index (χ0v) is 14.1. The topological polar surface area (TPSA) is 58.2 Å². The van der Waals surface area contributed by atoms with Gasteiger partial charge in [0.2, 0.25) is 11.8 Å². The summed E-state index contributed by atoms with van der Waals surface area (Å²) in [6, 6.07) is 15.0. The number of rotatable bonds is 5. The van der Waals surface area contributed by atoms with Crippen molar-refractivity contribution in [3.8, 4) is 0 Å². The molecule has 0 heterocycles. The summed E-state index contributed by atoms with van der Waals surface area (Å²) < 4.78 is 0. The molecule has 2 amide bonds. The SMILES string of the molecule is Cc1ccccc1NC(=O)C1CC1C(=O)NCc1ccccc1Cl. The standard InChI is InChI=1S/C19H19ClN2O2/c1-12-6-2-5-9-17(12)22-19(24)15-10-14(15)18(23)21-11-13-7-3-4-8-16(13)20/h2-9,14-15H,10-11H2,1H3,(H,21,23)(H,22,24). The van der Waals surface area contributed by atoms with Crippen LogP contribution in [0.15, 0.2) is 48.5 Å². The Labute approximate surface area is 146 Å². The average molecular weight is 343 g/mol. The molecule has 1 saturated carbocycles. The number of nitrogens with one attached hydrogen (secondary N) is 2. The zero-order chi connectivity index (χ0) is 17.1. The highest BCUT2D eigenvalue weighted by Crippen LogP contribution is 2.39. The van der Waals surface area contributed by atoms with E-state index in [9.17, 15) is 9.59 Å². The van der Waals surface area contributed by atoms with Gasteiger partial charge in [-0.05, 0) is 36.6 Å². The number of hydrogen-bond acceptors (Lipinski definition) is 2. The van der Waals surface area contributed by atoms with Crippen molar-refractivity contribution in [2.45, 2.75) is 19.9 Å². The van der Waals surface area contributed by atoms with E-state index in [1.54, 1.807) is 6.07 Å². The molecular formula is C19H19ClN2O2. The Bertz CT molecular complexity index is 775. The number of para-hydroxylation sites is 1. The Hall–Kier alpha value is -2.33. The average Bonchev–Trinajstić information content (AvgIpc) is 3.37. The third kappa shape index (κ3) is 3.77. The van der Waals surface area contributed by atoms with Gasteiger partial charge in [-0.25, -0.2) is 0 Å². The second kappa shape index (κ2) is 7.05. The second-order valence-corrected chi connectivity index (χ2v) is 6.47. The molecule has 3 rings (SSSR count). The molecule has 0 saturated heterocycles. The molecule has 2 aromatic carbocycles. The minimum Gasteiger partial charge on any atom is -0.352 e. The van der Waals surface area contributed by atoms with Gasteiger partial charge in [-0.2, -0.15) is 0 Å². The Morgan fingerprint density at radius 2 is 1.71 bits per heavy atom. The van der Waals surface area contributed by atoms with Crippen LogP contribution in [0.4, 0.5) is 5.69 Å². The third-order valence-corrected chi connectivity index (χ3v) is 4.65. The van der Waals surface area contributed by atoms with Crippen LogP contribution < -0.4 is 10.6 Å². The quantitative estimate of drug-likeness (QED) is 0.873. The molecular weight excluding hydrogens is 324 g/mol. The molecule has 124 valence electrons. The van der Waals surface area contributed by atoms with Gasteiger partial charge in [0.15, 0.2) is 0 Å². The number of carbonyl (C=O) groups is 2. The van der Waals surface area contributed by atoms with Crippen molar-refractivity contribution in [3.05, 3.63) is 64.7 Å². The van der Waals surface area contributed by atoms with Gasteiger partial charge < -0.3 is 10.6 Å². The maximum absolute atomic E-state index is 12.3. The highest BCUT2D eigenvalue weighted by molar-refractivity contribution is 6.31. The highest BCUT2D eigenvalue weighted by atomic mass is 35.5.